The van der Waals surface area contributed by atoms with Crippen LogP contribution in [0, 0.1) is 0 Å². The molecule has 0 saturated heterocycles. The molecule has 0 aromatic heterocycles. The van der Waals surface area contributed by atoms with Gasteiger partial charge in [-0.15, -0.1) is 0 Å². The number of halogens is 1. The quantitative estimate of drug-likeness (QED) is 0.916. The van der Waals surface area contributed by atoms with E-state index in [9.17, 15) is 5.11 Å². The van der Waals surface area contributed by atoms with E-state index in [0.29, 0.717) is 5.75 Å². The highest BCUT2D eigenvalue weighted by Crippen LogP contribution is 2.49. The summed E-state index contributed by atoms with van der Waals surface area (Å²) in [5.74, 6) is 0.297. The van der Waals surface area contributed by atoms with E-state index in [1.54, 1.807) is 17.8 Å². The van der Waals surface area contributed by atoms with Gasteiger partial charge in [-0.3, -0.25) is 0 Å². The van der Waals surface area contributed by atoms with Crippen LogP contribution in [0.5, 0.6) is 5.75 Å². The Balaban J connectivity index is 2.06. The zero-order valence-electron chi connectivity index (χ0n) is 12.0. The summed E-state index contributed by atoms with van der Waals surface area (Å²) in [5.41, 5.74) is 2.25. The van der Waals surface area contributed by atoms with E-state index in [1.807, 2.05) is 30.3 Å². The first-order valence-corrected chi connectivity index (χ1v) is 7.97. The number of phenols is 1. The molecule has 0 radical (unpaired) electrons. The molecule has 2 aromatic carbocycles. The third kappa shape index (κ3) is 2.98. The molecule has 5 heteroatoms. The Bertz CT molecular complexity index is 675. The van der Waals surface area contributed by atoms with Gasteiger partial charge in [0, 0.05) is 27.9 Å². The van der Waals surface area contributed by atoms with Crippen LogP contribution in [0.15, 0.2) is 46.2 Å². The predicted molar refractivity (Wildman–Crippen MR) is 89.2 cm³/mol. The minimum Gasteiger partial charge on any atom is -0.508 e. The fourth-order valence-corrected chi connectivity index (χ4v) is 3.66. The fraction of sp³-hybridized carbons (Fsp3) is 0.250. The molecule has 2 aromatic rings. The summed E-state index contributed by atoms with van der Waals surface area (Å²) in [7, 11) is 4.13. The molecule has 1 N–H and O–H groups in total. The van der Waals surface area contributed by atoms with E-state index >= 15 is 0 Å². The van der Waals surface area contributed by atoms with Crippen molar-refractivity contribution < 1.29 is 5.11 Å². The lowest BCUT2D eigenvalue weighted by Crippen LogP contribution is -2.29. The smallest absolute Gasteiger partial charge is 0.116 e. The largest absolute Gasteiger partial charge is 0.508 e. The first kappa shape index (κ1) is 14.6. The van der Waals surface area contributed by atoms with Gasteiger partial charge in [0.05, 0.1) is 11.4 Å². The van der Waals surface area contributed by atoms with Crippen LogP contribution in [0.25, 0.3) is 0 Å². The third-order valence-corrected chi connectivity index (χ3v) is 4.78. The number of aromatic hydroxyl groups is 1. The van der Waals surface area contributed by atoms with E-state index in [1.165, 1.54) is 0 Å². The van der Waals surface area contributed by atoms with Crippen molar-refractivity contribution in [3.8, 4) is 5.75 Å². The SMILES string of the molecule is CN(C)CCN1c2ccc(O)cc2Sc2ccc(Cl)cc21. The number of nitrogens with zero attached hydrogens (tertiary/aromatic N) is 2. The van der Waals surface area contributed by atoms with Gasteiger partial charge in [0.25, 0.3) is 0 Å². The van der Waals surface area contributed by atoms with Crippen LogP contribution in [-0.4, -0.2) is 37.2 Å². The van der Waals surface area contributed by atoms with Crippen LogP contribution in [0.2, 0.25) is 5.02 Å². The van der Waals surface area contributed by atoms with Crippen molar-refractivity contribution in [3.63, 3.8) is 0 Å². The van der Waals surface area contributed by atoms with Crippen molar-refractivity contribution in [1.82, 2.24) is 4.90 Å². The maximum absolute atomic E-state index is 9.72. The Morgan fingerprint density at radius 3 is 2.67 bits per heavy atom. The molecule has 1 aliphatic heterocycles. The average Bonchev–Trinajstić information content (AvgIpc) is 2.43. The third-order valence-electron chi connectivity index (χ3n) is 3.44. The molecule has 0 amide bonds. The number of likely N-dealkylation sites (N-methyl/N-ethyl adjacent to an activating group) is 1. The van der Waals surface area contributed by atoms with Gasteiger partial charge in [-0.1, -0.05) is 23.4 Å². The van der Waals surface area contributed by atoms with Gasteiger partial charge in [-0.2, -0.15) is 0 Å². The molecule has 0 aliphatic carbocycles. The van der Waals surface area contributed by atoms with Gasteiger partial charge in [-0.25, -0.2) is 0 Å². The van der Waals surface area contributed by atoms with Crippen molar-refractivity contribution in [2.24, 2.45) is 0 Å². The van der Waals surface area contributed by atoms with Gasteiger partial charge < -0.3 is 14.9 Å². The lowest BCUT2D eigenvalue weighted by Gasteiger charge is -2.33. The summed E-state index contributed by atoms with van der Waals surface area (Å²) in [6.07, 6.45) is 0. The average molecular weight is 321 g/mol. The van der Waals surface area contributed by atoms with Gasteiger partial charge in [0.2, 0.25) is 0 Å². The van der Waals surface area contributed by atoms with Crippen molar-refractivity contribution in [1.29, 1.82) is 0 Å². The number of anilines is 2. The monoisotopic (exact) mass is 320 g/mol. The standard InChI is InChI=1S/C16H17ClN2OS/c1-18(2)7-8-19-13-5-4-12(20)10-16(13)21-15-6-3-11(17)9-14(15)19/h3-6,9-10,20H,7-8H2,1-2H3. The highest BCUT2D eigenvalue weighted by molar-refractivity contribution is 7.99. The zero-order chi connectivity index (χ0) is 15.0. The number of phenolic OH excluding ortho intramolecular Hbond substituents is 1. The van der Waals surface area contributed by atoms with Gasteiger partial charge in [0.15, 0.2) is 0 Å². The number of hydrogen-bond donors (Lipinski definition) is 1. The second-order valence-electron chi connectivity index (χ2n) is 5.32. The minimum atomic E-state index is 0.297. The summed E-state index contributed by atoms with van der Waals surface area (Å²) >= 11 is 7.84. The topological polar surface area (TPSA) is 26.7 Å². The van der Waals surface area contributed by atoms with E-state index in [0.717, 1.165) is 39.3 Å². The minimum absolute atomic E-state index is 0.297. The molecule has 0 saturated carbocycles. The summed E-state index contributed by atoms with van der Waals surface area (Å²) in [5, 5.41) is 10.5. The lowest BCUT2D eigenvalue weighted by molar-refractivity contribution is 0.418. The summed E-state index contributed by atoms with van der Waals surface area (Å²) in [6.45, 7) is 1.82. The fourth-order valence-electron chi connectivity index (χ4n) is 2.38. The normalized spacial score (nSPS) is 13.2. The van der Waals surface area contributed by atoms with Crippen LogP contribution in [0.4, 0.5) is 11.4 Å². The number of benzene rings is 2. The van der Waals surface area contributed by atoms with E-state index in [2.05, 4.69) is 23.9 Å². The maximum Gasteiger partial charge on any atom is 0.116 e. The molecule has 0 atom stereocenters. The Labute approximate surface area is 134 Å². The molecule has 1 aliphatic rings. The molecule has 0 fully saturated rings. The number of fused-ring (bicyclic) bond motifs is 2. The van der Waals surface area contributed by atoms with Crippen LogP contribution >= 0.6 is 23.4 Å². The summed E-state index contributed by atoms with van der Waals surface area (Å²) in [4.78, 5) is 6.67. The number of hydrogen-bond acceptors (Lipinski definition) is 4. The molecule has 0 unspecified atom stereocenters. The highest BCUT2D eigenvalue weighted by atomic mass is 35.5. The molecule has 0 bridgehead atoms. The van der Waals surface area contributed by atoms with E-state index in [4.69, 9.17) is 11.6 Å². The first-order chi connectivity index (χ1) is 10.0. The first-order valence-electron chi connectivity index (χ1n) is 6.77. The van der Waals surface area contributed by atoms with Gasteiger partial charge in [-0.05, 0) is 50.5 Å². The second-order valence-corrected chi connectivity index (χ2v) is 6.84. The Hall–Kier alpha value is -1.36. The van der Waals surface area contributed by atoms with Crippen LogP contribution < -0.4 is 4.90 Å². The van der Waals surface area contributed by atoms with Crippen LogP contribution in [-0.2, 0) is 0 Å². The van der Waals surface area contributed by atoms with Crippen molar-refractivity contribution in [3.05, 3.63) is 41.4 Å². The van der Waals surface area contributed by atoms with Gasteiger partial charge >= 0.3 is 0 Å². The zero-order valence-corrected chi connectivity index (χ0v) is 13.6. The molecular weight excluding hydrogens is 304 g/mol. The van der Waals surface area contributed by atoms with E-state index < -0.39 is 0 Å². The lowest BCUT2D eigenvalue weighted by atomic mass is 10.2. The summed E-state index contributed by atoms with van der Waals surface area (Å²) in [6, 6.07) is 11.5. The summed E-state index contributed by atoms with van der Waals surface area (Å²) < 4.78 is 0. The Morgan fingerprint density at radius 2 is 1.90 bits per heavy atom. The van der Waals surface area contributed by atoms with Crippen LogP contribution in [0.1, 0.15) is 0 Å². The van der Waals surface area contributed by atoms with Crippen molar-refractivity contribution in [2.45, 2.75) is 9.79 Å². The molecule has 110 valence electrons. The molecule has 3 nitrogen and oxygen atoms in total. The Morgan fingerprint density at radius 1 is 1.10 bits per heavy atom. The highest BCUT2D eigenvalue weighted by Gasteiger charge is 2.23. The predicted octanol–water partition coefficient (Wildman–Crippen LogP) is 4.21. The molecule has 21 heavy (non-hydrogen) atoms. The Kier molecular flexibility index (Phi) is 4.02. The van der Waals surface area contributed by atoms with Crippen molar-refractivity contribution in [2.75, 3.05) is 32.1 Å². The van der Waals surface area contributed by atoms with Gasteiger partial charge in [0.1, 0.15) is 5.75 Å². The van der Waals surface area contributed by atoms with E-state index in [-0.39, 0.29) is 0 Å². The number of rotatable bonds is 3. The molecule has 0 spiro atoms. The second kappa shape index (κ2) is 5.79. The molecule has 1 heterocycles. The molecular formula is C16H17ClN2OS. The maximum atomic E-state index is 9.72. The van der Waals surface area contributed by atoms with Crippen LogP contribution in [0.3, 0.4) is 0 Å². The van der Waals surface area contributed by atoms with Crippen molar-refractivity contribution >= 4 is 34.7 Å². The molecule has 3 rings (SSSR count).